The van der Waals surface area contributed by atoms with Crippen LogP contribution in [0, 0.1) is 0 Å². The van der Waals surface area contributed by atoms with Crippen LogP contribution in [0.5, 0.6) is 0 Å². The summed E-state index contributed by atoms with van der Waals surface area (Å²) in [6.45, 7) is 5.84. The second kappa shape index (κ2) is 9.37. The van der Waals surface area contributed by atoms with Crippen molar-refractivity contribution in [1.82, 2.24) is 15.5 Å². The quantitative estimate of drug-likeness (QED) is 0.741. The molecule has 1 saturated heterocycles. The number of nitrogens with one attached hydrogen (secondary N) is 2. The Kier molecular flexibility index (Phi) is 7.14. The second-order valence-corrected chi connectivity index (χ2v) is 7.71. The molecule has 0 radical (unpaired) electrons. The lowest BCUT2D eigenvalue weighted by Gasteiger charge is -2.30. The van der Waals surface area contributed by atoms with Gasteiger partial charge in [-0.1, -0.05) is 25.3 Å². The van der Waals surface area contributed by atoms with Crippen molar-refractivity contribution in [2.24, 2.45) is 0 Å². The number of rotatable bonds is 5. The predicted octanol–water partition coefficient (Wildman–Crippen LogP) is 2.86. The first-order valence-electron chi connectivity index (χ1n) is 9.99. The van der Waals surface area contributed by atoms with E-state index in [9.17, 15) is 18.3 Å². The SMILES string of the molecule is FC(F)(F)c1ccc2cc1-2.OC(CNC1CCCCC1)CN1CCNCC1. The molecule has 3 aliphatic carbocycles. The summed E-state index contributed by atoms with van der Waals surface area (Å²) in [5.41, 5.74) is 0.599. The Morgan fingerprint density at radius 2 is 1.85 bits per heavy atom. The van der Waals surface area contributed by atoms with Gasteiger partial charge in [0, 0.05) is 45.3 Å². The van der Waals surface area contributed by atoms with Gasteiger partial charge in [-0.25, -0.2) is 0 Å². The summed E-state index contributed by atoms with van der Waals surface area (Å²) in [7, 11) is 0. The minimum Gasteiger partial charge on any atom is -0.390 e. The summed E-state index contributed by atoms with van der Waals surface area (Å²) >= 11 is 0. The van der Waals surface area contributed by atoms with Crippen molar-refractivity contribution in [2.45, 2.75) is 50.4 Å². The zero-order chi connectivity index (χ0) is 19.3. The fourth-order valence-corrected chi connectivity index (χ4v) is 3.87. The average Bonchev–Trinajstić information content (AvgIpc) is 3.29. The fourth-order valence-electron chi connectivity index (χ4n) is 3.87. The van der Waals surface area contributed by atoms with Crippen LogP contribution in [0.2, 0.25) is 0 Å². The number of nitrogens with zero attached hydrogens (tertiary/aromatic N) is 1. The minimum absolute atomic E-state index is 0.213. The molecule has 1 saturated carbocycles. The van der Waals surface area contributed by atoms with Gasteiger partial charge in [0.25, 0.3) is 0 Å². The summed E-state index contributed by atoms with van der Waals surface area (Å²) in [4.78, 5) is 2.35. The van der Waals surface area contributed by atoms with Crippen LogP contribution in [0.1, 0.15) is 37.7 Å². The van der Waals surface area contributed by atoms with Crippen molar-refractivity contribution in [2.75, 3.05) is 39.3 Å². The van der Waals surface area contributed by atoms with E-state index in [1.807, 2.05) is 0 Å². The molecule has 0 spiro atoms. The van der Waals surface area contributed by atoms with Gasteiger partial charge in [-0.2, -0.15) is 13.2 Å². The van der Waals surface area contributed by atoms with Gasteiger partial charge in [0.1, 0.15) is 0 Å². The Labute approximate surface area is 159 Å². The fraction of sp³-hybridized carbons (Fsp3) is 0.700. The number of benzene rings is 1. The van der Waals surface area contributed by atoms with Crippen molar-refractivity contribution in [1.29, 1.82) is 0 Å². The average molecular weight is 385 g/mol. The maximum Gasteiger partial charge on any atom is 0.417 e. The zero-order valence-electron chi connectivity index (χ0n) is 15.7. The third-order valence-electron chi connectivity index (χ3n) is 5.48. The molecule has 1 unspecified atom stereocenters. The molecule has 4 nitrogen and oxygen atoms in total. The van der Waals surface area contributed by atoms with Crippen LogP contribution in [0.15, 0.2) is 18.2 Å². The first-order valence-corrected chi connectivity index (χ1v) is 9.99. The van der Waals surface area contributed by atoms with Crippen LogP contribution in [0.3, 0.4) is 0 Å². The van der Waals surface area contributed by atoms with Crippen molar-refractivity contribution in [3.8, 4) is 11.1 Å². The molecule has 4 aliphatic rings. The number of β-amino-alcohol motifs (C(OH)–C–C–N with tert-alkyl or cyclic N) is 1. The molecular weight excluding hydrogens is 355 g/mol. The van der Waals surface area contributed by atoms with Crippen molar-refractivity contribution >= 4 is 0 Å². The lowest BCUT2D eigenvalue weighted by molar-refractivity contribution is -0.136. The molecule has 4 rings (SSSR count). The molecule has 0 aromatic heterocycles. The highest BCUT2D eigenvalue weighted by Gasteiger charge is 2.37. The van der Waals surface area contributed by atoms with Gasteiger partial charge in [0.2, 0.25) is 0 Å². The number of hydrogen-bond donors (Lipinski definition) is 3. The van der Waals surface area contributed by atoms with Crippen LogP contribution in [-0.2, 0) is 6.18 Å². The van der Waals surface area contributed by atoms with Crippen LogP contribution in [0.4, 0.5) is 13.2 Å². The highest BCUT2D eigenvalue weighted by atomic mass is 19.4. The van der Waals surface area contributed by atoms with E-state index in [0.29, 0.717) is 11.6 Å². The van der Waals surface area contributed by atoms with Crippen molar-refractivity contribution in [3.05, 3.63) is 23.8 Å². The van der Waals surface area contributed by atoms with Gasteiger partial charge < -0.3 is 15.7 Å². The van der Waals surface area contributed by atoms with Gasteiger partial charge in [-0.15, -0.1) is 0 Å². The topological polar surface area (TPSA) is 47.5 Å². The molecule has 0 aromatic carbocycles. The monoisotopic (exact) mass is 385 g/mol. The maximum atomic E-state index is 11.9. The molecule has 1 atom stereocenters. The van der Waals surface area contributed by atoms with Gasteiger partial charge in [0.15, 0.2) is 0 Å². The predicted molar refractivity (Wildman–Crippen MR) is 101 cm³/mol. The summed E-state index contributed by atoms with van der Waals surface area (Å²) in [6.07, 6.45) is 2.30. The second-order valence-electron chi connectivity index (χ2n) is 7.71. The molecular formula is C20H30F3N3O. The number of halogens is 3. The highest BCUT2D eigenvalue weighted by molar-refractivity contribution is 5.85. The van der Waals surface area contributed by atoms with E-state index in [1.54, 1.807) is 0 Å². The number of fused-ring (bicyclic) bond motifs is 1. The molecule has 1 aliphatic heterocycles. The summed E-state index contributed by atoms with van der Waals surface area (Å²) < 4.78 is 35.7. The van der Waals surface area contributed by atoms with Crippen LogP contribution >= 0.6 is 0 Å². The smallest absolute Gasteiger partial charge is 0.390 e. The Morgan fingerprint density at radius 3 is 2.37 bits per heavy atom. The number of aliphatic hydroxyl groups excluding tert-OH is 1. The Morgan fingerprint density at radius 1 is 1.15 bits per heavy atom. The molecule has 0 bridgehead atoms. The van der Waals surface area contributed by atoms with Gasteiger partial charge in [-0.3, -0.25) is 4.90 Å². The highest BCUT2D eigenvalue weighted by Crippen LogP contribution is 2.45. The molecule has 3 N–H and O–H groups in total. The van der Waals surface area contributed by atoms with Crippen molar-refractivity contribution < 1.29 is 18.3 Å². The van der Waals surface area contributed by atoms with E-state index in [0.717, 1.165) is 50.9 Å². The van der Waals surface area contributed by atoms with E-state index in [1.165, 1.54) is 44.2 Å². The molecule has 1 heterocycles. The molecule has 152 valence electrons. The van der Waals surface area contributed by atoms with E-state index in [2.05, 4.69) is 15.5 Å². The van der Waals surface area contributed by atoms with Crippen LogP contribution in [0.25, 0.3) is 11.1 Å². The Balaban J connectivity index is 0.000000177. The largest absolute Gasteiger partial charge is 0.417 e. The Hall–Kier alpha value is -1.15. The summed E-state index contributed by atoms with van der Waals surface area (Å²) in [5, 5.41) is 16.9. The Bertz CT molecular complexity index is 597. The number of piperazine rings is 1. The number of hydrogen-bond acceptors (Lipinski definition) is 4. The lowest BCUT2D eigenvalue weighted by Crippen LogP contribution is -2.48. The van der Waals surface area contributed by atoms with Crippen molar-refractivity contribution in [3.63, 3.8) is 0 Å². The van der Waals surface area contributed by atoms with Crippen LogP contribution in [-0.4, -0.2) is 61.4 Å². The van der Waals surface area contributed by atoms with E-state index in [-0.39, 0.29) is 6.10 Å². The van der Waals surface area contributed by atoms with Crippen LogP contribution < -0.4 is 10.6 Å². The third kappa shape index (κ3) is 6.45. The maximum absolute atomic E-state index is 11.9. The van der Waals surface area contributed by atoms with Gasteiger partial charge in [0.05, 0.1) is 11.7 Å². The van der Waals surface area contributed by atoms with E-state index >= 15 is 0 Å². The third-order valence-corrected chi connectivity index (χ3v) is 5.48. The van der Waals surface area contributed by atoms with E-state index in [4.69, 9.17) is 0 Å². The first-order chi connectivity index (χ1) is 12.9. The molecule has 0 amide bonds. The first kappa shape index (κ1) is 20.6. The van der Waals surface area contributed by atoms with Gasteiger partial charge >= 0.3 is 6.18 Å². The van der Waals surface area contributed by atoms with Gasteiger partial charge in [-0.05, 0) is 36.1 Å². The summed E-state index contributed by atoms with van der Waals surface area (Å²) in [5.74, 6) is 0. The molecule has 2 fully saturated rings. The van der Waals surface area contributed by atoms with E-state index < -0.39 is 11.7 Å². The standard InChI is InChI=1S/C13H27N3O.C7H3F3/c17-13(11-16-8-6-14-7-9-16)10-15-12-4-2-1-3-5-12;8-7(9,10)6-2-1-4-3-5(4)6/h12-15,17H,1-11H2;1-3H. The normalized spacial score (nSPS) is 21.3. The summed E-state index contributed by atoms with van der Waals surface area (Å²) in [6, 6.07) is 4.78. The molecule has 27 heavy (non-hydrogen) atoms. The minimum atomic E-state index is -4.17. The lowest BCUT2D eigenvalue weighted by atomic mass is 9.95. The molecule has 7 heteroatoms. The number of aliphatic hydroxyl groups is 1. The molecule has 0 aromatic rings. The zero-order valence-corrected chi connectivity index (χ0v) is 15.7. The number of alkyl halides is 3.